The predicted molar refractivity (Wildman–Crippen MR) is 66.4 cm³/mol. The highest BCUT2D eigenvalue weighted by Gasteiger charge is 2.31. The average Bonchev–Trinajstić information content (AvgIpc) is 2.80. The van der Waals surface area contributed by atoms with E-state index in [0.717, 1.165) is 10.9 Å². The second-order valence-corrected chi connectivity index (χ2v) is 5.07. The highest BCUT2D eigenvalue weighted by Crippen LogP contribution is 2.42. The first-order valence-electron chi connectivity index (χ1n) is 5.44. The summed E-state index contributed by atoms with van der Waals surface area (Å²) in [5.41, 5.74) is 0.153. The van der Waals surface area contributed by atoms with Crippen molar-refractivity contribution in [1.82, 2.24) is 0 Å². The molecule has 18 heavy (non-hydrogen) atoms. The average molecular weight is 262 g/mol. The molecule has 1 aromatic heterocycles. The smallest absolute Gasteiger partial charge is 0.174 e. The van der Waals surface area contributed by atoms with E-state index >= 15 is 0 Å². The summed E-state index contributed by atoms with van der Waals surface area (Å²) in [4.78, 5) is 13.0. The molecule has 1 aliphatic heterocycles. The van der Waals surface area contributed by atoms with Crippen LogP contribution in [0.3, 0.4) is 0 Å². The van der Waals surface area contributed by atoms with Crippen molar-refractivity contribution in [2.45, 2.75) is 12.5 Å². The van der Waals surface area contributed by atoms with Gasteiger partial charge in [0.05, 0.1) is 6.42 Å². The molecule has 0 bridgehead atoms. The van der Waals surface area contributed by atoms with Crippen LogP contribution in [0.2, 0.25) is 0 Å². The summed E-state index contributed by atoms with van der Waals surface area (Å²) in [6, 6.07) is 6.29. The SMILES string of the molecule is O=C1CC(c2cccs2)Oc2cc(O)cc(O)c21. The third-order valence-electron chi connectivity index (χ3n) is 2.85. The van der Waals surface area contributed by atoms with E-state index in [1.807, 2.05) is 17.5 Å². The van der Waals surface area contributed by atoms with E-state index in [4.69, 9.17) is 4.74 Å². The molecule has 0 amide bonds. The third-order valence-corrected chi connectivity index (χ3v) is 3.81. The molecule has 0 saturated carbocycles. The molecule has 0 radical (unpaired) electrons. The van der Waals surface area contributed by atoms with Crippen molar-refractivity contribution in [1.29, 1.82) is 0 Å². The Bertz CT molecular complexity index is 604. The summed E-state index contributed by atoms with van der Waals surface area (Å²) in [5, 5.41) is 21.0. The maximum atomic E-state index is 12.0. The monoisotopic (exact) mass is 262 g/mol. The van der Waals surface area contributed by atoms with Crippen LogP contribution >= 0.6 is 11.3 Å². The number of Topliss-reactive ketones (excluding diaryl/α,β-unsaturated/α-hetero) is 1. The number of phenols is 2. The van der Waals surface area contributed by atoms with Gasteiger partial charge in [0.1, 0.15) is 28.9 Å². The van der Waals surface area contributed by atoms with Crippen molar-refractivity contribution >= 4 is 17.1 Å². The minimum atomic E-state index is -0.341. The van der Waals surface area contributed by atoms with Gasteiger partial charge in [0.2, 0.25) is 0 Å². The van der Waals surface area contributed by atoms with Gasteiger partial charge in [0.25, 0.3) is 0 Å². The van der Waals surface area contributed by atoms with Crippen molar-refractivity contribution in [3.63, 3.8) is 0 Å². The van der Waals surface area contributed by atoms with Crippen molar-refractivity contribution < 1.29 is 19.7 Å². The van der Waals surface area contributed by atoms with Crippen molar-refractivity contribution in [2.75, 3.05) is 0 Å². The third kappa shape index (κ3) is 1.73. The highest BCUT2D eigenvalue weighted by atomic mass is 32.1. The minimum Gasteiger partial charge on any atom is -0.508 e. The molecule has 2 aromatic rings. The molecule has 0 fully saturated rings. The van der Waals surface area contributed by atoms with Gasteiger partial charge in [0, 0.05) is 17.0 Å². The first kappa shape index (κ1) is 11.1. The van der Waals surface area contributed by atoms with Gasteiger partial charge in [-0.25, -0.2) is 0 Å². The number of aromatic hydroxyl groups is 2. The van der Waals surface area contributed by atoms with E-state index in [9.17, 15) is 15.0 Å². The Balaban J connectivity index is 2.04. The van der Waals surface area contributed by atoms with Gasteiger partial charge in [0.15, 0.2) is 5.78 Å². The van der Waals surface area contributed by atoms with Gasteiger partial charge in [-0.1, -0.05) is 6.07 Å². The first-order valence-corrected chi connectivity index (χ1v) is 6.32. The van der Waals surface area contributed by atoms with Gasteiger partial charge in [-0.15, -0.1) is 11.3 Å². The number of fused-ring (bicyclic) bond motifs is 1. The van der Waals surface area contributed by atoms with Crippen LogP contribution in [0.15, 0.2) is 29.6 Å². The topological polar surface area (TPSA) is 66.8 Å². The number of rotatable bonds is 1. The zero-order valence-electron chi connectivity index (χ0n) is 9.29. The Morgan fingerprint density at radius 1 is 1.33 bits per heavy atom. The standard InChI is InChI=1S/C13H10O4S/c14-7-4-8(15)13-9(16)6-10(17-11(13)5-7)12-2-1-3-18-12/h1-5,10,14-15H,6H2. The molecule has 2 N–H and O–H groups in total. The zero-order chi connectivity index (χ0) is 12.7. The van der Waals surface area contributed by atoms with Crippen LogP contribution in [0.1, 0.15) is 27.8 Å². The number of benzene rings is 1. The molecule has 0 spiro atoms. The van der Waals surface area contributed by atoms with Crippen molar-refractivity contribution in [3.05, 3.63) is 40.1 Å². The lowest BCUT2D eigenvalue weighted by atomic mass is 9.99. The Morgan fingerprint density at radius 2 is 2.17 bits per heavy atom. The predicted octanol–water partition coefficient (Wildman–Crippen LogP) is 2.87. The molecule has 1 aromatic carbocycles. The molecule has 1 aliphatic rings. The summed E-state index contributed by atoms with van der Waals surface area (Å²) in [6.07, 6.45) is -0.141. The number of hydrogen-bond donors (Lipinski definition) is 2. The summed E-state index contributed by atoms with van der Waals surface area (Å²) in [7, 11) is 0. The Hall–Kier alpha value is -2.01. The fraction of sp³-hybridized carbons (Fsp3) is 0.154. The molecule has 1 unspecified atom stereocenters. The summed E-state index contributed by atoms with van der Waals surface area (Å²) >= 11 is 1.51. The summed E-state index contributed by atoms with van der Waals surface area (Å²) < 4.78 is 5.68. The number of thiophene rings is 1. The second kappa shape index (κ2) is 4.03. The molecular formula is C13H10O4S. The number of carbonyl (C=O) groups is 1. The van der Waals surface area contributed by atoms with Crippen LogP contribution in [0.4, 0.5) is 0 Å². The molecule has 92 valence electrons. The highest BCUT2D eigenvalue weighted by molar-refractivity contribution is 7.10. The van der Waals surface area contributed by atoms with Crippen LogP contribution < -0.4 is 4.74 Å². The van der Waals surface area contributed by atoms with Gasteiger partial charge in [-0.05, 0) is 11.4 Å². The molecule has 4 nitrogen and oxygen atoms in total. The number of ether oxygens (including phenoxy) is 1. The molecule has 2 heterocycles. The molecular weight excluding hydrogens is 252 g/mol. The van der Waals surface area contributed by atoms with Gasteiger partial charge in [-0.2, -0.15) is 0 Å². The van der Waals surface area contributed by atoms with Crippen molar-refractivity contribution in [2.24, 2.45) is 0 Å². The molecule has 1 atom stereocenters. The first-order chi connectivity index (χ1) is 8.65. The zero-order valence-corrected chi connectivity index (χ0v) is 10.1. The van der Waals surface area contributed by atoms with Gasteiger partial charge in [-0.3, -0.25) is 4.79 Å². The van der Waals surface area contributed by atoms with Crippen LogP contribution in [0.25, 0.3) is 0 Å². The lowest BCUT2D eigenvalue weighted by molar-refractivity contribution is 0.0849. The quantitative estimate of drug-likeness (QED) is 0.829. The molecule has 0 saturated heterocycles. The second-order valence-electron chi connectivity index (χ2n) is 4.09. The molecule has 0 aliphatic carbocycles. The summed E-state index contributed by atoms with van der Waals surface area (Å²) in [5.74, 6) is -0.292. The molecule has 3 rings (SSSR count). The van der Waals surface area contributed by atoms with E-state index < -0.39 is 0 Å². The lowest BCUT2D eigenvalue weighted by Gasteiger charge is -2.25. The normalized spacial score (nSPS) is 18.2. The Labute approximate surface area is 107 Å². The maximum Gasteiger partial charge on any atom is 0.174 e. The van der Waals surface area contributed by atoms with Gasteiger partial charge < -0.3 is 14.9 Å². The van der Waals surface area contributed by atoms with Crippen molar-refractivity contribution in [3.8, 4) is 17.2 Å². The summed E-state index contributed by atoms with van der Waals surface area (Å²) in [6.45, 7) is 0. The van der Waals surface area contributed by atoms with E-state index in [1.54, 1.807) is 0 Å². The lowest BCUT2D eigenvalue weighted by Crippen LogP contribution is -2.19. The van der Waals surface area contributed by atoms with Crippen LogP contribution in [-0.4, -0.2) is 16.0 Å². The van der Waals surface area contributed by atoms with E-state index in [-0.39, 0.29) is 41.1 Å². The van der Waals surface area contributed by atoms with Crippen LogP contribution in [0.5, 0.6) is 17.2 Å². The van der Waals surface area contributed by atoms with Gasteiger partial charge >= 0.3 is 0 Å². The number of carbonyl (C=O) groups excluding carboxylic acids is 1. The van der Waals surface area contributed by atoms with E-state index in [2.05, 4.69) is 0 Å². The largest absolute Gasteiger partial charge is 0.508 e. The van der Waals surface area contributed by atoms with Crippen LogP contribution in [-0.2, 0) is 0 Å². The fourth-order valence-corrected chi connectivity index (χ4v) is 2.81. The fourth-order valence-electron chi connectivity index (χ4n) is 2.06. The Kier molecular flexibility index (Phi) is 2.48. The minimum absolute atomic E-state index is 0.120. The Morgan fingerprint density at radius 3 is 2.89 bits per heavy atom. The van der Waals surface area contributed by atoms with Crippen LogP contribution in [0, 0.1) is 0 Å². The number of hydrogen-bond acceptors (Lipinski definition) is 5. The maximum absolute atomic E-state index is 12.0. The van der Waals surface area contributed by atoms with E-state index in [0.29, 0.717) is 0 Å². The number of phenolic OH excluding ortho intramolecular Hbond substituents is 2. The van der Waals surface area contributed by atoms with E-state index in [1.165, 1.54) is 17.4 Å². The molecule has 5 heteroatoms. The number of ketones is 1.